The molecule has 2 aromatic carbocycles. The first kappa shape index (κ1) is 16.8. The molecule has 0 atom stereocenters. The third kappa shape index (κ3) is 2.15. The van der Waals surface area contributed by atoms with Crippen molar-refractivity contribution in [1.82, 2.24) is 0 Å². The molecule has 24 heavy (non-hydrogen) atoms. The van der Waals surface area contributed by atoms with Gasteiger partial charge in [-0.3, -0.25) is 0 Å². The average Bonchev–Trinajstić information content (AvgIpc) is 2.59. The van der Waals surface area contributed by atoms with E-state index >= 15 is 0 Å². The van der Waals surface area contributed by atoms with Crippen molar-refractivity contribution >= 4 is 0 Å². The van der Waals surface area contributed by atoms with Crippen molar-refractivity contribution in [2.45, 2.75) is 38.9 Å². The van der Waals surface area contributed by atoms with Gasteiger partial charge in [-0.2, -0.15) is 0 Å². The highest BCUT2D eigenvalue weighted by molar-refractivity contribution is 5.46. The Labute approximate surface area is 144 Å². The molecular weight excluding hydrogens is 300 g/mol. The van der Waals surface area contributed by atoms with Crippen LogP contribution in [-0.2, 0) is 10.3 Å². The van der Waals surface area contributed by atoms with Gasteiger partial charge in [0.1, 0.15) is 17.1 Å². The lowest BCUT2D eigenvalue weighted by molar-refractivity contribution is -0.344. The normalized spacial score (nSPS) is 20.1. The lowest BCUT2D eigenvalue weighted by atomic mass is 9.54. The molecule has 0 N–H and O–H groups in total. The molecule has 0 bridgehead atoms. The van der Waals surface area contributed by atoms with Crippen molar-refractivity contribution in [2.75, 3.05) is 14.2 Å². The minimum absolute atomic E-state index is 0.0802. The number of hydrogen-bond donors (Lipinski definition) is 0. The van der Waals surface area contributed by atoms with Crippen molar-refractivity contribution in [1.29, 1.82) is 0 Å². The molecular formula is C21H26O3. The number of hydrogen-bond acceptors (Lipinski definition) is 3. The maximum absolute atomic E-state index is 6.57. The summed E-state index contributed by atoms with van der Waals surface area (Å²) in [5.74, 6) is 1.69. The molecule has 1 heterocycles. The van der Waals surface area contributed by atoms with Crippen molar-refractivity contribution < 1.29 is 14.2 Å². The van der Waals surface area contributed by atoms with Crippen molar-refractivity contribution in [2.24, 2.45) is 5.41 Å². The number of methoxy groups -OCH3 is 2. The molecule has 0 aliphatic carbocycles. The van der Waals surface area contributed by atoms with Crippen LogP contribution in [0.3, 0.4) is 0 Å². The summed E-state index contributed by atoms with van der Waals surface area (Å²) in [6.07, 6.45) is 0. The van der Waals surface area contributed by atoms with Gasteiger partial charge in [-0.15, -0.1) is 0 Å². The number of benzene rings is 2. The van der Waals surface area contributed by atoms with E-state index in [2.05, 4.69) is 52.0 Å². The van der Waals surface area contributed by atoms with E-state index < -0.39 is 5.60 Å². The summed E-state index contributed by atoms with van der Waals surface area (Å²) in [4.78, 5) is 0. The Morgan fingerprint density at radius 1 is 0.667 bits per heavy atom. The van der Waals surface area contributed by atoms with Gasteiger partial charge >= 0.3 is 0 Å². The summed E-state index contributed by atoms with van der Waals surface area (Å²) in [7, 11) is 3.36. The highest BCUT2D eigenvalue weighted by Gasteiger charge is 2.67. The van der Waals surface area contributed by atoms with Gasteiger partial charge in [0.2, 0.25) is 0 Å². The Bertz CT molecular complexity index is 664. The van der Waals surface area contributed by atoms with E-state index in [0.29, 0.717) is 0 Å². The second-order valence-corrected chi connectivity index (χ2v) is 7.38. The third-order valence-corrected chi connectivity index (χ3v) is 5.79. The third-order valence-electron chi connectivity index (χ3n) is 5.79. The molecule has 3 heteroatoms. The first-order valence-corrected chi connectivity index (χ1v) is 8.28. The second-order valence-electron chi connectivity index (χ2n) is 7.38. The zero-order valence-electron chi connectivity index (χ0n) is 15.3. The monoisotopic (exact) mass is 326 g/mol. The van der Waals surface area contributed by atoms with Crippen LogP contribution in [0.15, 0.2) is 48.5 Å². The first-order chi connectivity index (χ1) is 11.3. The SMILES string of the molecule is COc1ccc(C2(c3ccc(OC)cc3)OC(C)(C)C2(C)C)cc1. The van der Waals surface area contributed by atoms with Gasteiger partial charge < -0.3 is 14.2 Å². The minimum atomic E-state index is -0.491. The van der Waals surface area contributed by atoms with Crippen LogP contribution in [0.5, 0.6) is 11.5 Å². The van der Waals surface area contributed by atoms with Gasteiger partial charge in [0.25, 0.3) is 0 Å². The Kier molecular flexibility index (Phi) is 3.88. The molecule has 0 aromatic heterocycles. The molecule has 1 aliphatic heterocycles. The molecule has 0 spiro atoms. The molecule has 128 valence electrons. The largest absolute Gasteiger partial charge is 0.497 e. The first-order valence-electron chi connectivity index (χ1n) is 8.28. The molecule has 0 radical (unpaired) electrons. The van der Waals surface area contributed by atoms with Gasteiger partial charge in [-0.05, 0) is 49.2 Å². The Hall–Kier alpha value is -2.00. The average molecular weight is 326 g/mol. The highest BCUT2D eigenvalue weighted by Crippen LogP contribution is 2.65. The quantitative estimate of drug-likeness (QED) is 0.809. The smallest absolute Gasteiger partial charge is 0.127 e. The fourth-order valence-corrected chi connectivity index (χ4v) is 3.67. The van der Waals surface area contributed by atoms with Gasteiger partial charge in [0, 0.05) is 5.41 Å². The Morgan fingerprint density at radius 2 is 1.04 bits per heavy atom. The van der Waals surface area contributed by atoms with Crippen molar-refractivity contribution in [3.8, 4) is 11.5 Å². The fourth-order valence-electron chi connectivity index (χ4n) is 3.67. The van der Waals surface area contributed by atoms with Crippen molar-refractivity contribution in [3.05, 3.63) is 59.7 Å². The van der Waals surface area contributed by atoms with Crippen LogP contribution in [0.2, 0.25) is 0 Å². The predicted octanol–water partition coefficient (Wildman–Crippen LogP) is 4.78. The van der Waals surface area contributed by atoms with Gasteiger partial charge in [0.05, 0.1) is 19.8 Å². The Balaban J connectivity index is 2.14. The zero-order chi connectivity index (χ0) is 17.6. The van der Waals surface area contributed by atoms with E-state index in [9.17, 15) is 0 Å². The summed E-state index contributed by atoms with van der Waals surface area (Å²) < 4.78 is 17.2. The van der Waals surface area contributed by atoms with E-state index in [1.54, 1.807) is 14.2 Å². The zero-order valence-corrected chi connectivity index (χ0v) is 15.3. The highest BCUT2D eigenvalue weighted by atomic mass is 16.6. The van der Waals surface area contributed by atoms with E-state index in [4.69, 9.17) is 14.2 Å². The van der Waals surface area contributed by atoms with Crippen LogP contribution >= 0.6 is 0 Å². The van der Waals surface area contributed by atoms with Gasteiger partial charge in [-0.25, -0.2) is 0 Å². The standard InChI is InChI=1S/C21H26O3/c1-19(2)20(3,4)24-21(19,15-7-11-17(22-5)12-8-15)16-9-13-18(23-6)14-10-16/h7-14H,1-6H3. The van der Waals surface area contributed by atoms with E-state index in [-0.39, 0.29) is 11.0 Å². The topological polar surface area (TPSA) is 27.7 Å². The molecule has 3 rings (SSSR count). The van der Waals surface area contributed by atoms with Crippen LogP contribution < -0.4 is 9.47 Å². The van der Waals surface area contributed by atoms with Crippen LogP contribution in [0.4, 0.5) is 0 Å². The van der Waals surface area contributed by atoms with Gasteiger partial charge in [-0.1, -0.05) is 38.1 Å². The maximum Gasteiger partial charge on any atom is 0.127 e. The molecule has 0 saturated carbocycles. The predicted molar refractivity (Wildman–Crippen MR) is 95.7 cm³/mol. The summed E-state index contributed by atoms with van der Waals surface area (Å²) in [6, 6.07) is 16.4. The van der Waals surface area contributed by atoms with Crippen LogP contribution in [0, 0.1) is 5.41 Å². The molecule has 1 aliphatic rings. The molecule has 0 amide bonds. The summed E-state index contributed by atoms with van der Waals surface area (Å²) in [5.41, 5.74) is 1.49. The van der Waals surface area contributed by atoms with E-state index in [1.807, 2.05) is 24.3 Å². The summed E-state index contributed by atoms with van der Waals surface area (Å²) in [5, 5.41) is 0. The summed E-state index contributed by atoms with van der Waals surface area (Å²) in [6.45, 7) is 8.84. The van der Waals surface area contributed by atoms with E-state index in [0.717, 1.165) is 22.6 Å². The lowest BCUT2D eigenvalue weighted by Gasteiger charge is -2.67. The lowest BCUT2D eigenvalue weighted by Crippen LogP contribution is -2.70. The van der Waals surface area contributed by atoms with Crippen LogP contribution in [0.25, 0.3) is 0 Å². The molecule has 1 fully saturated rings. The van der Waals surface area contributed by atoms with Crippen LogP contribution in [-0.4, -0.2) is 19.8 Å². The van der Waals surface area contributed by atoms with E-state index in [1.165, 1.54) is 0 Å². The minimum Gasteiger partial charge on any atom is -0.497 e. The second kappa shape index (κ2) is 5.52. The van der Waals surface area contributed by atoms with Crippen LogP contribution in [0.1, 0.15) is 38.8 Å². The molecule has 3 nitrogen and oxygen atoms in total. The molecule has 0 unspecified atom stereocenters. The van der Waals surface area contributed by atoms with Crippen molar-refractivity contribution in [3.63, 3.8) is 0 Å². The number of ether oxygens (including phenoxy) is 3. The fraction of sp³-hybridized carbons (Fsp3) is 0.429. The molecule has 2 aromatic rings. The Morgan fingerprint density at radius 3 is 1.29 bits per heavy atom. The van der Waals surface area contributed by atoms with Gasteiger partial charge in [0.15, 0.2) is 0 Å². The maximum atomic E-state index is 6.57. The number of rotatable bonds is 4. The summed E-state index contributed by atoms with van der Waals surface area (Å²) >= 11 is 0. The molecule has 1 saturated heterocycles.